The molecule has 1 rings (SSSR count). The second-order valence-corrected chi connectivity index (χ2v) is 6.19. The zero-order chi connectivity index (χ0) is 14.0. The number of rotatable bonds is 4. The Morgan fingerprint density at radius 3 is 2.39 bits per heavy atom. The summed E-state index contributed by atoms with van der Waals surface area (Å²) in [6, 6.07) is 3.98. The molecule has 8 heteroatoms. The highest BCUT2D eigenvalue weighted by Crippen LogP contribution is 2.33. The molecular weight excluding hydrogens is 335 g/mol. The number of hydrogen-bond donors (Lipinski definition) is 1. The van der Waals surface area contributed by atoms with Crippen LogP contribution in [0.3, 0.4) is 0 Å². The monoisotopic (exact) mass is 343 g/mol. The molecule has 0 aliphatic carbocycles. The number of nitrogens with one attached hydrogen (secondary N) is 1. The third-order valence-electron chi connectivity index (χ3n) is 1.94. The van der Waals surface area contributed by atoms with Crippen molar-refractivity contribution in [2.45, 2.75) is 11.1 Å². The molecule has 0 amide bonds. The third kappa shape index (κ3) is 3.82. The molecule has 0 radical (unpaired) electrons. The van der Waals surface area contributed by atoms with E-state index in [1.54, 1.807) is 0 Å². The number of hydrogen-bond acceptors (Lipinski definition) is 2. The van der Waals surface area contributed by atoms with Gasteiger partial charge < -0.3 is 0 Å². The average Bonchev–Trinajstić information content (AvgIpc) is 2.25. The van der Waals surface area contributed by atoms with Crippen LogP contribution in [0.25, 0.3) is 0 Å². The lowest BCUT2D eigenvalue weighted by Gasteiger charge is -2.13. The summed E-state index contributed by atoms with van der Waals surface area (Å²) in [7, 11) is -4.23. The van der Waals surface area contributed by atoms with E-state index in [-0.39, 0.29) is 6.54 Å². The first-order valence-electron chi connectivity index (χ1n) is 4.64. The number of sulfonamides is 1. The normalized spacial score (nSPS) is 12.4. The summed E-state index contributed by atoms with van der Waals surface area (Å²) >= 11 is 2.91. The van der Waals surface area contributed by atoms with Gasteiger partial charge in [0.15, 0.2) is 0 Å². The lowest BCUT2D eigenvalue weighted by molar-refractivity contribution is -0.139. The Bertz CT molecular complexity index is 554. The first-order valence-corrected chi connectivity index (χ1v) is 6.91. The predicted molar refractivity (Wildman–Crippen MR) is 64.7 cm³/mol. The van der Waals surface area contributed by atoms with Crippen LogP contribution in [0.2, 0.25) is 0 Å². The molecule has 0 fully saturated rings. The average molecular weight is 344 g/mol. The minimum absolute atomic E-state index is 0.186. The molecule has 0 unspecified atom stereocenters. The van der Waals surface area contributed by atoms with Crippen molar-refractivity contribution >= 4 is 26.0 Å². The molecule has 0 saturated heterocycles. The van der Waals surface area contributed by atoms with E-state index in [2.05, 4.69) is 22.5 Å². The summed E-state index contributed by atoms with van der Waals surface area (Å²) in [5.41, 5.74) is -1.20. The third-order valence-corrected chi connectivity index (χ3v) is 3.68. The lowest BCUT2D eigenvalue weighted by atomic mass is 10.2. The molecule has 0 aromatic heterocycles. The minimum Gasteiger partial charge on any atom is -0.207 e. The summed E-state index contributed by atoms with van der Waals surface area (Å²) in [5.74, 6) is 0. The van der Waals surface area contributed by atoms with E-state index >= 15 is 0 Å². The van der Waals surface area contributed by atoms with Gasteiger partial charge in [0.05, 0.1) is 10.5 Å². The van der Waals surface area contributed by atoms with Crippen molar-refractivity contribution in [3.8, 4) is 0 Å². The number of alkyl halides is 3. The van der Waals surface area contributed by atoms with Gasteiger partial charge in [0.2, 0.25) is 10.0 Å². The fourth-order valence-electron chi connectivity index (χ4n) is 1.19. The highest BCUT2D eigenvalue weighted by molar-refractivity contribution is 9.11. The fraction of sp³-hybridized carbons (Fsp3) is 0.200. The van der Waals surface area contributed by atoms with Crippen molar-refractivity contribution in [2.75, 3.05) is 6.54 Å². The highest BCUT2D eigenvalue weighted by Gasteiger charge is 2.36. The summed E-state index contributed by atoms with van der Waals surface area (Å²) in [6.07, 6.45) is -4.73. The SMILES string of the molecule is C=C(Br)CNS(=O)(=O)c1ccccc1C(F)(F)F. The van der Waals surface area contributed by atoms with Crippen molar-refractivity contribution in [3.63, 3.8) is 0 Å². The Labute approximate surface area is 111 Å². The van der Waals surface area contributed by atoms with Crippen molar-refractivity contribution in [3.05, 3.63) is 40.9 Å². The van der Waals surface area contributed by atoms with Gasteiger partial charge in [-0.2, -0.15) is 13.2 Å². The van der Waals surface area contributed by atoms with Gasteiger partial charge in [0.1, 0.15) is 0 Å². The first-order chi connectivity index (χ1) is 8.14. The number of benzene rings is 1. The zero-order valence-electron chi connectivity index (χ0n) is 8.96. The largest absolute Gasteiger partial charge is 0.417 e. The minimum atomic E-state index is -4.73. The van der Waals surface area contributed by atoms with E-state index in [1.807, 2.05) is 4.72 Å². The van der Waals surface area contributed by atoms with E-state index in [0.717, 1.165) is 18.2 Å². The van der Waals surface area contributed by atoms with Crippen molar-refractivity contribution < 1.29 is 21.6 Å². The molecule has 1 aromatic rings. The molecule has 0 heterocycles. The van der Waals surface area contributed by atoms with Crippen molar-refractivity contribution in [2.24, 2.45) is 0 Å². The molecule has 0 saturated carbocycles. The van der Waals surface area contributed by atoms with Gasteiger partial charge in [-0.3, -0.25) is 0 Å². The van der Waals surface area contributed by atoms with Gasteiger partial charge in [-0.05, 0) is 12.1 Å². The molecule has 0 spiro atoms. The molecule has 0 aliphatic rings. The summed E-state index contributed by atoms with van der Waals surface area (Å²) in [5, 5.41) is 0. The van der Waals surface area contributed by atoms with Crippen LogP contribution in [0.1, 0.15) is 5.56 Å². The van der Waals surface area contributed by atoms with Gasteiger partial charge in [-0.25, -0.2) is 13.1 Å². The smallest absolute Gasteiger partial charge is 0.207 e. The van der Waals surface area contributed by atoms with Crippen LogP contribution in [-0.2, 0) is 16.2 Å². The molecular formula is C10H9BrF3NO2S. The van der Waals surface area contributed by atoms with Crippen LogP contribution < -0.4 is 4.72 Å². The Hall–Kier alpha value is -0.860. The molecule has 0 bridgehead atoms. The van der Waals surface area contributed by atoms with Gasteiger partial charge in [-0.15, -0.1) is 0 Å². The Morgan fingerprint density at radius 1 is 1.33 bits per heavy atom. The second-order valence-electron chi connectivity index (χ2n) is 3.34. The van der Waals surface area contributed by atoms with Crippen LogP contribution in [0.5, 0.6) is 0 Å². The maximum Gasteiger partial charge on any atom is 0.417 e. The van der Waals surface area contributed by atoms with E-state index in [4.69, 9.17) is 0 Å². The highest BCUT2D eigenvalue weighted by atomic mass is 79.9. The maximum absolute atomic E-state index is 12.7. The predicted octanol–water partition coefficient (Wildman–Crippen LogP) is 2.89. The quantitative estimate of drug-likeness (QED) is 0.913. The topological polar surface area (TPSA) is 46.2 Å². The zero-order valence-corrected chi connectivity index (χ0v) is 11.4. The Balaban J connectivity index is 3.21. The van der Waals surface area contributed by atoms with Crippen LogP contribution in [-0.4, -0.2) is 15.0 Å². The van der Waals surface area contributed by atoms with E-state index in [9.17, 15) is 21.6 Å². The molecule has 3 nitrogen and oxygen atoms in total. The fourth-order valence-corrected chi connectivity index (χ4v) is 2.76. The standard InChI is InChI=1S/C10H9BrF3NO2S/c1-7(11)6-15-18(16,17)9-5-3-2-4-8(9)10(12,13)14/h2-5,15H,1,6H2. The molecule has 100 valence electrons. The van der Waals surface area contributed by atoms with Crippen LogP contribution >= 0.6 is 15.9 Å². The summed E-state index contributed by atoms with van der Waals surface area (Å²) in [6.45, 7) is 3.20. The molecule has 1 N–H and O–H groups in total. The van der Waals surface area contributed by atoms with Crippen LogP contribution in [0, 0.1) is 0 Å². The summed E-state index contributed by atoms with van der Waals surface area (Å²) in [4.78, 5) is -0.800. The van der Waals surface area contributed by atoms with Crippen LogP contribution in [0.15, 0.2) is 40.2 Å². The van der Waals surface area contributed by atoms with E-state index < -0.39 is 26.7 Å². The summed E-state index contributed by atoms with van der Waals surface area (Å²) < 4.78 is 63.8. The maximum atomic E-state index is 12.7. The van der Waals surface area contributed by atoms with Gasteiger partial charge in [0, 0.05) is 11.0 Å². The van der Waals surface area contributed by atoms with Crippen molar-refractivity contribution in [1.82, 2.24) is 4.72 Å². The Kier molecular flexibility index (Phi) is 4.57. The molecule has 18 heavy (non-hydrogen) atoms. The van der Waals surface area contributed by atoms with Gasteiger partial charge in [0.25, 0.3) is 0 Å². The number of halogens is 4. The van der Waals surface area contributed by atoms with Gasteiger partial charge in [-0.1, -0.05) is 34.6 Å². The Morgan fingerprint density at radius 2 is 1.89 bits per heavy atom. The van der Waals surface area contributed by atoms with Gasteiger partial charge >= 0.3 is 6.18 Å². The van der Waals surface area contributed by atoms with Crippen molar-refractivity contribution in [1.29, 1.82) is 0 Å². The van der Waals surface area contributed by atoms with E-state index in [1.165, 1.54) is 6.07 Å². The van der Waals surface area contributed by atoms with Crippen LogP contribution in [0.4, 0.5) is 13.2 Å². The molecule has 0 atom stereocenters. The van der Waals surface area contributed by atoms with E-state index in [0.29, 0.717) is 4.48 Å². The molecule has 0 aliphatic heterocycles. The second kappa shape index (κ2) is 5.41. The lowest BCUT2D eigenvalue weighted by Crippen LogP contribution is -2.27. The molecule has 1 aromatic carbocycles. The first kappa shape index (κ1) is 15.2.